The van der Waals surface area contributed by atoms with Gasteiger partial charge >= 0.3 is 5.69 Å². The first-order valence-corrected chi connectivity index (χ1v) is 12.6. The van der Waals surface area contributed by atoms with Gasteiger partial charge in [0.2, 0.25) is 5.69 Å². The van der Waals surface area contributed by atoms with E-state index in [9.17, 15) is 19.5 Å². The summed E-state index contributed by atoms with van der Waals surface area (Å²) in [6.45, 7) is 3.97. The topological polar surface area (TPSA) is 150 Å². The van der Waals surface area contributed by atoms with E-state index < -0.39 is 22.9 Å². The molecule has 1 saturated carbocycles. The number of hydrogen-bond donors (Lipinski definition) is 3. The number of ether oxygens (including phenoxy) is 1. The number of carbonyl (C=O) groups excluding carboxylic acids is 1. The van der Waals surface area contributed by atoms with Crippen molar-refractivity contribution in [3.05, 3.63) is 72.5 Å². The number of halogens is 1. The predicted octanol–water partition coefficient (Wildman–Crippen LogP) is 3.86. The second kappa shape index (κ2) is 11.0. The number of benzene rings is 2. The summed E-state index contributed by atoms with van der Waals surface area (Å²) in [6.07, 6.45) is 3.25. The molecular formula is C26H26BrN5O5. The molecule has 1 aliphatic rings. The molecule has 1 aromatic heterocycles. The van der Waals surface area contributed by atoms with Crippen molar-refractivity contribution >= 4 is 21.8 Å². The highest BCUT2D eigenvalue weighted by atomic mass is 79.9. The van der Waals surface area contributed by atoms with Crippen LogP contribution in [-0.4, -0.2) is 32.3 Å². The Morgan fingerprint density at radius 2 is 1.89 bits per heavy atom. The minimum Gasteiger partial charge on any atom is -0.507 e. The molecular weight excluding hydrogens is 542 g/mol. The SMILES string of the molecule is Cc1cc(-n2nc(C(=O)NCC3CCC(C#N)CC3)c(=O)[nH]c2=O)cc(C)c1Oc1ccc(O)c(Br)c1. The Bertz CT molecular complexity index is 1480. The van der Waals surface area contributed by atoms with Gasteiger partial charge < -0.3 is 15.2 Å². The van der Waals surface area contributed by atoms with Gasteiger partial charge in [0.15, 0.2) is 0 Å². The lowest BCUT2D eigenvalue weighted by Gasteiger charge is -2.24. The monoisotopic (exact) mass is 567 g/mol. The molecule has 10 nitrogen and oxygen atoms in total. The number of carbonyl (C=O) groups is 1. The molecule has 1 fully saturated rings. The van der Waals surface area contributed by atoms with E-state index in [-0.39, 0.29) is 17.6 Å². The summed E-state index contributed by atoms with van der Waals surface area (Å²) < 4.78 is 7.46. The van der Waals surface area contributed by atoms with Gasteiger partial charge in [0.25, 0.3) is 11.5 Å². The van der Waals surface area contributed by atoms with E-state index in [1.807, 2.05) is 0 Å². The maximum Gasteiger partial charge on any atom is 0.349 e. The minimum absolute atomic E-state index is 0.0617. The van der Waals surface area contributed by atoms with Gasteiger partial charge in [-0.05, 0) is 103 Å². The molecule has 0 unspecified atom stereocenters. The van der Waals surface area contributed by atoms with Gasteiger partial charge in [0, 0.05) is 12.5 Å². The number of H-pyrrole nitrogens is 1. The van der Waals surface area contributed by atoms with Crippen molar-refractivity contribution < 1.29 is 14.6 Å². The van der Waals surface area contributed by atoms with E-state index in [0.29, 0.717) is 39.3 Å². The van der Waals surface area contributed by atoms with E-state index >= 15 is 0 Å². The molecule has 1 amide bonds. The largest absolute Gasteiger partial charge is 0.507 e. The van der Waals surface area contributed by atoms with Crippen LogP contribution in [0.3, 0.4) is 0 Å². The second-order valence-corrected chi connectivity index (χ2v) is 10.1. The van der Waals surface area contributed by atoms with Crippen molar-refractivity contribution in [3.63, 3.8) is 0 Å². The van der Waals surface area contributed by atoms with Crippen molar-refractivity contribution in [1.82, 2.24) is 20.1 Å². The first kappa shape index (κ1) is 26.2. The molecule has 0 spiro atoms. The molecule has 0 aliphatic heterocycles. The summed E-state index contributed by atoms with van der Waals surface area (Å²) in [5.74, 6) is 0.776. The molecule has 2 aromatic carbocycles. The van der Waals surface area contributed by atoms with E-state index in [1.165, 1.54) is 6.07 Å². The number of nitrogens with zero attached hydrogens (tertiary/aromatic N) is 3. The highest BCUT2D eigenvalue weighted by Crippen LogP contribution is 2.34. The van der Waals surface area contributed by atoms with Crippen molar-refractivity contribution in [1.29, 1.82) is 5.26 Å². The zero-order valence-electron chi connectivity index (χ0n) is 20.4. The molecule has 3 aromatic rings. The van der Waals surface area contributed by atoms with Crippen LogP contribution in [0.15, 0.2) is 44.4 Å². The van der Waals surface area contributed by atoms with Crippen LogP contribution in [0, 0.1) is 37.0 Å². The zero-order valence-corrected chi connectivity index (χ0v) is 22.0. The zero-order chi connectivity index (χ0) is 26.7. The van der Waals surface area contributed by atoms with Gasteiger partial charge in [-0.1, -0.05) is 0 Å². The number of hydrogen-bond acceptors (Lipinski definition) is 7. The summed E-state index contributed by atoms with van der Waals surface area (Å²) in [5.41, 5.74) is -0.296. The number of rotatable bonds is 6. The average molecular weight is 568 g/mol. The Morgan fingerprint density at radius 1 is 1.22 bits per heavy atom. The van der Waals surface area contributed by atoms with Crippen LogP contribution in [0.1, 0.15) is 47.3 Å². The highest BCUT2D eigenvalue weighted by molar-refractivity contribution is 9.10. The Labute approximate surface area is 221 Å². The van der Waals surface area contributed by atoms with Crippen LogP contribution in [0.25, 0.3) is 5.69 Å². The molecule has 11 heteroatoms. The lowest BCUT2D eigenvalue weighted by molar-refractivity contribution is 0.0933. The number of nitriles is 1. The van der Waals surface area contributed by atoms with Gasteiger partial charge in [-0.2, -0.15) is 15.0 Å². The molecule has 4 rings (SSSR count). The Balaban J connectivity index is 1.55. The second-order valence-electron chi connectivity index (χ2n) is 9.20. The minimum atomic E-state index is -0.863. The van der Waals surface area contributed by atoms with Gasteiger partial charge in [0.1, 0.15) is 17.2 Å². The number of nitrogens with one attached hydrogen (secondary N) is 2. The first-order chi connectivity index (χ1) is 17.7. The molecule has 3 N–H and O–H groups in total. The molecule has 37 heavy (non-hydrogen) atoms. The molecule has 0 bridgehead atoms. The maximum absolute atomic E-state index is 12.8. The van der Waals surface area contributed by atoms with Crippen molar-refractivity contribution in [2.24, 2.45) is 11.8 Å². The number of amides is 1. The van der Waals surface area contributed by atoms with Crippen LogP contribution in [0.2, 0.25) is 0 Å². The van der Waals surface area contributed by atoms with E-state index in [1.54, 1.807) is 38.1 Å². The van der Waals surface area contributed by atoms with Gasteiger partial charge in [0.05, 0.1) is 16.2 Å². The van der Waals surface area contributed by atoms with E-state index in [2.05, 4.69) is 37.4 Å². The van der Waals surface area contributed by atoms with Gasteiger partial charge in [-0.15, -0.1) is 0 Å². The summed E-state index contributed by atoms with van der Waals surface area (Å²) >= 11 is 3.26. The summed E-state index contributed by atoms with van der Waals surface area (Å²) in [6, 6.07) is 10.4. The van der Waals surface area contributed by atoms with Crippen LogP contribution in [0.5, 0.6) is 17.2 Å². The summed E-state index contributed by atoms with van der Waals surface area (Å²) in [4.78, 5) is 39.9. The quantitative estimate of drug-likeness (QED) is 0.409. The third kappa shape index (κ3) is 5.91. The normalized spacial score (nSPS) is 17.1. The maximum atomic E-state index is 12.8. The number of phenolic OH excluding ortho intramolecular Hbond substituents is 1. The number of aryl methyl sites for hydroxylation is 2. The fourth-order valence-electron chi connectivity index (χ4n) is 4.42. The van der Waals surface area contributed by atoms with Crippen LogP contribution < -0.4 is 21.3 Å². The molecule has 1 aliphatic carbocycles. The van der Waals surface area contributed by atoms with Gasteiger partial charge in [-0.3, -0.25) is 14.6 Å². The third-order valence-electron chi connectivity index (χ3n) is 6.45. The third-order valence-corrected chi connectivity index (χ3v) is 7.09. The van der Waals surface area contributed by atoms with Crippen LogP contribution in [-0.2, 0) is 0 Å². The lowest BCUT2D eigenvalue weighted by Crippen LogP contribution is -2.40. The number of phenols is 1. The number of aromatic nitrogens is 3. The van der Waals surface area contributed by atoms with Crippen molar-refractivity contribution in [2.45, 2.75) is 39.5 Å². The smallest absolute Gasteiger partial charge is 0.349 e. The van der Waals surface area contributed by atoms with Crippen LogP contribution >= 0.6 is 15.9 Å². The fourth-order valence-corrected chi connectivity index (χ4v) is 4.78. The van der Waals surface area contributed by atoms with Gasteiger partial charge in [-0.25, -0.2) is 4.79 Å². The average Bonchev–Trinajstić information content (AvgIpc) is 2.87. The first-order valence-electron chi connectivity index (χ1n) is 11.9. The standard InChI is InChI=1S/C26H26BrN5O5/c1-14-9-18(10-15(2)23(14)37-19-7-8-21(33)20(27)11-19)32-26(36)30-25(35)22(31-32)24(34)29-13-17-5-3-16(12-28)4-6-17/h7-11,16-17,33H,3-6,13H2,1-2H3,(H,29,34)(H,30,35,36). The van der Waals surface area contributed by atoms with E-state index in [0.717, 1.165) is 30.4 Å². The summed E-state index contributed by atoms with van der Waals surface area (Å²) in [7, 11) is 0. The Kier molecular flexibility index (Phi) is 7.78. The highest BCUT2D eigenvalue weighted by Gasteiger charge is 2.23. The molecule has 0 radical (unpaired) electrons. The van der Waals surface area contributed by atoms with Crippen LogP contribution in [0.4, 0.5) is 0 Å². The van der Waals surface area contributed by atoms with Crippen molar-refractivity contribution in [3.8, 4) is 29.0 Å². The molecule has 1 heterocycles. The Morgan fingerprint density at radius 3 is 2.51 bits per heavy atom. The number of aromatic amines is 1. The molecule has 0 saturated heterocycles. The predicted molar refractivity (Wildman–Crippen MR) is 139 cm³/mol. The molecule has 0 atom stereocenters. The number of aromatic hydroxyl groups is 1. The van der Waals surface area contributed by atoms with E-state index in [4.69, 9.17) is 10.00 Å². The lowest BCUT2D eigenvalue weighted by atomic mass is 9.83. The molecule has 192 valence electrons. The fraction of sp³-hybridized carbons (Fsp3) is 0.346. The Hall–Kier alpha value is -3.91. The summed E-state index contributed by atoms with van der Waals surface area (Å²) in [5, 5.41) is 25.6. The van der Waals surface area contributed by atoms with Crippen molar-refractivity contribution in [2.75, 3.05) is 6.54 Å².